The third kappa shape index (κ3) is 2.59. The number of aromatic hydroxyl groups is 1. The Labute approximate surface area is 130 Å². The molecule has 2 rings (SSSR count). The Morgan fingerprint density at radius 3 is 1.86 bits per heavy atom. The average Bonchev–Trinajstić information content (AvgIpc) is 2.45. The SMILES string of the molecule is CN1C(=O)C(=Cc2cc(Cl)c(O)c(Cl)c2)C(=O)N(C)C1=O. The standard InChI is InChI=1S/C13H10Cl2N2O4/c1-16-11(19)7(12(20)17(2)13(16)21)3-6-4-8(14)10(18)9(15)5-6/h3-5,18H,1-2H3. The average molecular weight is 329 g/mol. The van der Waals surface area contributed by atoms with Crippen LogP contribution in [0.3, 0.4) is 0 Å². The Morgan fingerprint density at radius 2 is 1.43 bits per heavy atom. The first-order valence-electron chi connectivity index (χ1n) is 5.73. The smallest absolute Gasteiger partial charge is 0.333 e. The first-order chi connectivity index (χ1) is 9.73. The lowest BCUT2D eigenvalue weighted by molar-refractivity contribution is -0.134. The van der Waals surface area contributed by atoms with Crippen LogP contribution in [0.25, 0.3) is 6.08 Å². The van der Waals surface area contributed by atoms with Gasteiger partial charge in [0.15, 0.2) is 5.75 Å². The number of phenols is 1. The number of hydrogen-bond donors (Lipinski definition) is 1. The molecule has 1 N–H and O–H groups in total. The lowest BCUT2D eigenvalue weighted by atomic mass is 10.1. The summed E-state index contributed by atoms with van der Waals surface area (Å²) in [5.41, 5.74) is 0.160. The maximum absolute atomic E-state index is 12.0. The fourth-order valence-electron chi connectivity index (χ4n) is 1.81. The molecule has 0 atom stereocenters. The van der Waals surface area contributed by atoms with E-state index in [9.17, 15) is 19.5 Å². The molecule has 1 heterocycles. The molecule has 0 saturated carbocycles. The summed E-state index contributed by atoms with van der Waals surface area (Å²) in [6, 6.07) is 2.00. The highest BCUT2D eigenvalue weighted by atomic mass is 35.5. The number of rotatable bonds is 1. The molecule has 0 bridgehead atoms. The number of carbonyl (C=O) groups is 3. The van der Waals surface area contributed by atoms with Crippen molar-refractivity contribution < 1.29 is 19.5 Å². The van der Waals surface area contributed by atoms with E-state index in [1.54, 1.807) is 0 Å². The number of amides is 4. The quantitative estimate of drug-likeness (QED) is 0.632. The van der Waals surface area contributed by atoms with Gasteiger partial charge in [0, 0.05) is 14.1 Å². The zero-order chi connectivity index (χ0) is 15.9. The Kier molecular flexibility index (Phi) is 3.93. The number of nitrogens with zero attached hydrogens (tertiary/aromatic N) is 2. The highest BCUT2D eigenvalue weighted by molar-refractivity contribution is 6.37. The molecule has 1 fully saturated rings. The van der Waals surface area contributed by atoms with Gasteiger partial charge in [-0.3, -0.25) is 19.4 Å². The lowest BCUT2D eigenvalue weighted by Crippen LogP contribution is -2.52. The van der Waals surface area contributed by atoms with E-state index in [2.05, 4.69) is 0 Å². The third-order valence-electron chi connectivity index (χ3n) is 2.99. The molecule has 1 aliphatic rings. The molecule has 1 aromatic carbocycles. The van der Waals surface area contributed by atoms with Gasteiger partial charge in [-0.2, -0.15) is 0 Å². The summed E-state index contributed by atoms with van der Waals surface area (Å²) < 4.78 is 0. The molecule has 4 amide bonds. The monoisotopic (exact) mass is 328 g/mol. The molecule has 1 saturated heterocycles. The van der Waals surface area contributed by atoms with Crippen LogP contribution in [-0.2, 0) is 9.59 Å². The lowest BCUT2D eigenvalue weighted by Gasteiger charge is -2.28. The van der Waals surface area contributed by atoms with Gasteiger partial charge < -0.3 is 5.11 Å². The summed E-state index contributed by atoms with van der Waals surface area (Å²) in [6.07, 6.45) is 1.27. The van der Waals surface area contributed by atoms with E-state index in [1.165, 1.54) is 32.3 Å². The van der Waals surface area contributed by atoms with Gasteiger partial charge in [-0.05, 0) is 23.8 Å². The number of barbiturate groups is 1. The molecule has 1 aromatic rings. The number of benzene rings is 1. The van der Waals surface area contributed by atoms with Crippen molar-refractivity contribution in [3.8, 4) is 5.75 Å². The van der Waals surface area contributed by atoms with Crippen molar-refractivity contribution in [2.75, 3.05) is 14.1 Å². The zero-order valence-electron chi connectivity index (χ0n) is 11.1. The van der Waals surface area contributed by atoms with Crippen LogP contribution in [0.1, 0.15) is 5.56 Å². The molecule has 21 heavy (non-hydrogen) atoms. The van der Waals surface area contributed by atoms with E-state index in [0.29, 0.717) is 5.56 Å². The van der Waals surface area contributed by atoms with E-state index < -0.39 is 17.8 Å². The summed E-state index contributed by atoms with van der Waals surface area (Å²) >= 11 is 11.6. The fourth-order valence-corrected chi connectivity index (χ4v) is 2.31. The van der Waals surface area contributed by atoms with Gasteiger partial charge in [0.05, 0.1) is 10.0 Å². The first kappa shape index (κ1) is 15.3. The van der Waals surface area contributed by atoms with Crippen molar-refractivity contribution in [3.05, 3.63) is 33.3 Å². The van der Waals surface area contributed by atoms with Gasteiger partial charge in [-0.15, -0.1) is 0 Å². The van der Waals surface area contributed by atoms with Gasteiger partial charge in [0.25, 0.3) is 11.8 Å². The van der Waals surface area contributed by atoms with Crippen LogP contribution < -0.4 is 0 Å². The molecule has 0 spiro atoms. The first-order valence-corrected chi connectivity index (χ1v) is 6.49. The molecule has 0 unspecified atom stereocenters. The minimum atomic E-state index is -0.719. The van der Waals surface area contributed by atoms with Gasteiger partial charge >= 0.3 is 6.03 Å². The zero-order valence-corrected chi connectivity index (χ0v) is 12.6. The normalized spacial score (nSPS) is 15.8. The van der Waals surface area contributed by atoms with Crippen LogP contribution in [0.2, 0.25) is 10.0 Å². The van der Waals surface area contributed by atoms with Gasteiger partial charge in [-0.1, -0.05) is 23.2 Å². The summed E-state index contributed by atoms with van der Waals surface area (Å²) in [5.74, 6) is -1.72. The number of carbonyl (C=O) groups excluding carboxylic acids is 3. The number of halogens is 2. The second-order valence-electron chi connectivity index (χ2n) is 4.40. The molecule has 8 heteroatoms. The second-order valence-corrected chi connectivity index (χ2v) is 5.22. The summed E-state index contributed by atoms with van der Waals surface area (Å²) in [5, 5.41) is 9.46. The van der Waals surface area contributed by atoms with Crippen molar-refractivity contribution in [1.29, 1.82) is 0 Å². The largest absolute Gasteiger partial charge is 0.505 e. The van der Waals surface area contributed by atoms with Gasteiger partial charge in [0.1, 0.15) is 5.57 Å². The number of likely N-dealkylation sites (N-methyl/N-ethyl adjacent to an activating group) is 2. The van der Waals surface area contributed by atoms with E-state index in [4.69, 9.17) is 23.2 Å². The fraction of sp³-hybridized carbons (Fsp3) is 0.154. The van der Waals surface area contributed by atoms with Gasteiger partial charge in [0.2, 0.25) is 0 Å². The van der Waals surface area contributed by atoms with Crippen molar-refractivity contribution in [2.24, 2.45) is 0 Å². The molecule has 6 nitrogen and oxygen atoms in total. The van der Waals surface area contributed by atoms with Crippen LogP contribution in [0.15, 0.2) is 17.7 Å². The van der Waals surface area contributed by atoms with Crippen LogP contribution >= 0.6 is 23.2 Å². The Hall–Kier alpha value is -2.05. The predicted molar refractivity (Wildman–Crippen MR) is 77.0 cm³/mol. The third-order valence-corrected chi connectivity index (χ3v) is 3.57. The summed E-state index contributed by atoms with van der Waals surface area (Å²) in [7, 11) is 2.55. The minimum absolute atomic E-state index is 0.0113. The van der Waals surface area contributed by atoms with E-state index in [-0.39, 0.29) is 21.4 Å². The van der Waals surface area contributed by atoms with Crippen LogP contribution in [0.4, 0.5) is 4.79 Å². The molecule has 0 aliphatic carbocycles. The minimum Gasteiger partial charge on any atom is -0.505 e. The number of imide groups is 2. The summed E-state index contributed by atoms with van der Waals surface area (Å²) in [6.45, 7) is 0. The highest BCUT2D eigenvalue weighted by Gasteiger charge is 2.37. The van der Waals surface area contributed by atoms with E-state index >= 15 is 0 Å². The highest BCUT2D eigenvalue weighted by Crippen LogP contribution is 2.33. The van der Waals surface area contributed by atoms with Crippen molar-refractivity contribution in [2.45, 2.75) is 0 Å². The van der Waals surface area contributed by atoms with E-state index in [1.807, 2.05) is 0 Å². The Bertz CT molecular complexity index is 650. The number of hydrogen-bond acceptors (Lipinski definition) is 4. The van der Waals surface area contributed by atoms with E-state index in [0.717, 1.165) is 9.80 Å². The van der Waals surface area contributed by atoms with Crippen molar-refractivity contribution >= 4 is 47.1 Å². The topological polar surface area (TPSA) is 77.9 Å². The van der Waals surface area contributed by atoms with Gasteiger partial charge in [-0.25, -0.2) is 4.79 Å². The van der Waals surface area contributed by atoms with Crippen LogP contribution in [0.5, 0.6) is 5.75 Å². The molecular weight excluding hydrogens is 319 g/mol. The maximum atomic E-state index is 12.0. The Balaban J connectivity index is 2.51. The van der Waals surface area contributed by atoms with Crippen LogP contribution in [-0.4, -0.2) is 46.8 Å². The number of urea groups is 1. The Morgan fingerprint density at radius 1 is 1.00 bits per heavy atom. The maximum Gasteiger partial charge on any atom is 0.333 e. The second kappa shape index (κ2) is 5.38. The van der Waals surface area contributed by atoms with Crippen molar-refractivity contribution in [3.63, 3.8) is 0 Å². The number of phenolic OH excluding ortho intramolecular Hbond substituents is 1. The molecule has 1 aliphatic heterocycles. The molecule has 0 radical (unpaired) electrons. The predicted octanol–water partition coefficient (Wildman–Crippen LogP) is 2.13. The molecule has 110 valence electrons. The van der Waals surface area contributed by atoms with Crippen LogP contribution in [0, 0.1) is 0 Å². The summed E-state index contributed by atoms with van der Waals surface area (Å²) in [4.78, 5) is 37.3. The molecule has 0 aromatic heterocycles. The van der Waals surface area contributed by atoms with Crippen molar-refractivity contribution in [1.82, 2.24) is 9.80 Å². The molecular formula is C13H10Cl2N2O4.